The van der Waals surface area contributed by atoms with Gasteiger partial charge in [0.25, 0.3) is 0 Å². The maximum Gasteiger partial charge on any atom is 0.109 e. The lowest BCUT2D eigenvalue weighted by Crippen LogP contribution is -2.03. The van der Waals surface area contributed by atoms with Crippen molar-refractivity contribution in [3.8, 4) is 0 Å². The quantitative estimate of drug-likeness (QED) is 0.791. The topological polar surface area (TPSA) is 38.1 Å². The van der Waals surface area contributed by atoms with Crippen LogP contribution < -0.4 is 0 Å². The summed E-state index contributed by atoms with van der Waals surface area (Å²) in [5, 5.41) is 8.88. The van der Waals surface area contributed by atoms with Crippen LogP contribution in [0.25, 0.3) is 0 Å². The minimum atomic E-state index is 0.180. The number of hydrogen-bond donors (Lipinski definition) is 1. The largest absolute Gasteiger partial charge is 0.396 e. The zero-order chi connectivity index (χ0) is 10.7. The molecule has 1 aromatic heterocycles. The molecule has 0 radical (unpaired) electrons. The predicted molar refractivity (Wildman–Crippen MR) is 57.3 cm³/mol. The summed E-state index contributed by atoms with van der Waals surface area (Å²) in [6, 6.07) is 0. The summed E-state index contributed by atoms with van der Waals surface area (Å²) in [6.45, 7) is 6.62. The van der Waals surface area contributed by atoms with E-state index < -0.39 is 0 Å². The van der Waals surface area contributed by atoms with Crippen LogP contribution >= 0.6 is 0 Å². The van der Waals surface area contributed by atoms with Gasteiger partial charge in [0.15, 0.2) is 0 Å². The highest BCUT2D eigenvalue weighted by atomic mass is 16.3. The first-order valence-electron chi connectivity index (χ1n) is 5.18. The smallest absolute Gasteiger partial charge is 0.109 e. The van der Waals surface area contributed by atoms with E-state index in [0.717, 1.165) is 17.9 Å². The highest BCUT2D eigenvalue weighted by Gasteiger charge is 2.11. The highest BCUT2D eigenvalue weighted by molar-refractivity contribution is 5.16. The van der Waals surface area contributed by atoms with Crippen molar-refractivity contribution in [2.45, 2.75) is 33.6 Å². The Labute approximate surface area is 85.8 Å². The van der Waals surface area contributed by atoms with Gasteiger partial charge in [-0.3, -0.25) is 0 Å². The first-order chi connectivity index (χ1) is 6.56. The summed E-state index contributed by atoms with van der Waals surface area (Å²) in [6.07, 6.45) is 1.67. The molecule has 0 amide bonds. The molecule has 1 heterocycles. The van der Waals surface area contributed by atoms with Crippen molar-refractivity contribution in [3.63, 3.8) is 0 Å². The SMILES string of the molecule is Cc1c(CCO)nc(CC(C)C)n1C. The summed E-state index contributed by atoms with van der Waals surface area (Å²) in [5.74, 6) is 1.75. The Balaban J connectivity index is 2.90. The van der Waals surface area contributed by atoms with Gasteiger partial charge >= 0.3 is 0 Å². The lowest BCUT2D eigenvalue weighted by atomic mass is 10.1. The van der Waals surface area contributed by atoms with Crippen LogP contribution in [0.2, 0.25) is 0 Å². The molecule has 0 atom stereocenters. The fourth-order valence-electron chi connectivity index (χ4n) is 1.59. The van der Waals surface area contributed by atoms with Crippen LogP contribution in [-0.4, -0.2) is 21.3 Å². The summed E-state index contributed by atoms with van der Waals surface area (Å²) in [4.78, 5) is 4.54. The third-order valence-electron chi connectivity index (χ3n) is 2.51. The number of aliphatic hydroxyl groups is 1. The number of aliphatic hydroxyl groups excluding tert-OH is 1. The molecular weight excluding hydrogens is 176 g/mol. The lowest BCUT2D eigenvalue weighted by molar-refractivity contribution is 0.298. The van der Waals surface area contributed by atoms with Crippen LogP contribution in [0.5, 0.6) is 0 Å². The molecular formula is C11H20N2O. The van der Waals surface area contributed by atoms with Gasteiger partial charge in [0.05, 0.1) is 5.69 Å². The average Bonchev–Trinajstić information content (AvgIpc) is 2.34. The van der Waals surface area contributed by atoms with Crippen molar-refractivity contribution in [2.24, 2.45) is 13.0 Å². The summed E-state index contributed by atoms with van der Waals surface area (Å²) < 4.78 is 2.13. The second kappa shape index (κ2) is 4.60. The van der Waals surface area contributed by atoms with Crippen LogP contribution in [0.4, 0.5) is 0 Å². The summed E-state index contributed by atoms with van der Waals surface area (Å²) >= 11 is 0. The van der Waals surface area contributed by atoms with Gasteiger partial charge in [0.2, 0.25) is 0 Å². The summed E-state index contributed by atoms with van der Waals surface area (Å²) in [5.41, 5.74) is 2.21. The van der Waals surface area contributed by atoms with Gasteiger partial charge in [-0.1, -0.05) is 13.8 Å². The number of aromatic nitrogens is 2. The Bertz CT molecular complexity index is 302. The molecule has 0 bridgehead atoms. The van der Waals surface area contributed by atoms with E-state index in [1.165, 1.54) is 5.69 Å². The lowest BCUT2D eigenvalue weighted by Gasteiger charge is -2.04. The Morgan fingerprint density at radius 1 is 1.43 bits per heavy atom. The van der Waals surface area contributed by atoms with Gasteiger partial charge in [-0.25, -0.2) is 4.98 Å². The van der Waals surface area contributed by atoms with Crippen molar-refractivity contribution >= 4 is 0 Å². The number of rotatable bonds is 4. The first-order valence-corrected chi connectivity index (χ1v) is 5.18. The molecule has 14 heavy (non-hydrogen) atoms. The van der Waals surface area contributed by atoms with E-state index in [2.05, 4.69) is 30.3 Å². The van der Waals surface area contributed by atoms with E-state index in [9.17, 15) is 0 Å². The molecule has 0 saturated carbocycles. The molecule has 0 aromatic carbocycles. The minimum absolute atomic E-state index is 0.180. The molecule has 0 aliphatic heterocycles. The fourth-order valence-corrected chi connectivity index (χ4v) is 1.59. The van der Waals surface area contributed by atoms with E-state index >= 15 is 0 Å². The Morgan fingerprint density at radius 3 is 2.57 bits per heavy atom. The minimum Gasteiger partial charge on any atom is -0.396 e. The number of nitrogens with zero attached hydrogens (tertiary/aromatic N) is 2. The molecule has 0 aliphatic carbocycles. The zero-order valence-corrected chi connectivity index (χ0v) is 9.54. The molecule has 0 unspecified atom stereocenters. The standard InChI is InChI=1S/C11H20N2O/c1-8(2)7-11-12-10(5-6-14)9(3)13(11)4/h8,14H,5-7H2,1-4H3. The average molecular weight is 196 g/mol. The third kappa shape index (κ3) is 2.35. The normalized spacial score (nSPS) is 11.3. The number of hydrogen-bond acceptors (Lipinski definition) is 2. The van der Waals surface area contributed by atoms with Gasteiger partial charge in [-0.2, -0.15) is 0 Å². The van der Waals surface area contributed by atoms with Crippen LogP contribution in [0.15, 0.2) is 0 Å². The van der Waals surface area contributed by atoms with E-state index in [1.807, 2.05) is 7.05 Å². The molecule has 1 rings (SSSR count). The van der Waals surface area contributed by atoms with Gasteiger partial charge in [-0.05, 0) is 12.8 Å². The van der Waals surface area contributed by atoms with Crippen molar-refractivity contribution in [2.75, 3.05) is 6.61 Å². The van der Waals surface area contributed by atoms with Gasteiger partial charge in [-0.15, -0.1) is 0 Å². The van der Waals surface area contributed by atoms with Gasteiger partial charge in [0.1, 0.15) is 5.82 Å². The predicted octanol–water partition coefficient (Wildman–Crippen LogP) is 1.46. The summed E-state index contributed by atoms with van der Waals surface area (Å²) in [7, 11) is 2.04. The Morgan fingerprint density at radius 2 is 2.07 bits per heavy atom. The van der Waals surface area contributed by atoms with Gasteiger partial charge in [0, 0.05) is 32.2 Å². The molecule has 1 aromatic rings. The number of imidazole rings is 1. The molecule has 0 spiro atoms. The van der Waals surface area contributed by atoms with E-state index in [1.54, 1.807) is 0 Å². The third-order valence-corrected chi connectivity index (χ3v) is 2.51. The van der Waals surface area contributed by atoms with Crippen molar-refractivity contribution in [1.82, 2.24) is 9.55 Å². The molecule has 80 valence electrons. The first kappa shape index (κ1) is 11.2. The molecule has 0 saturated heterocycles. The van der Waals surface area contributed by atoms with E-state index in [-0.39, 0.29) is 6.61 Å². The van der Waals surface area contributed by atoms with E-state index in [0.29, 0.717) is 12.3 Å². The van der Waals surface area contributed by atoms with Crippen LogP contribution in [-0.2, 0) is 19.9 Å². The Hall–Kier alpha value is -0.830. The van der Waals surface area contributed by atoms with Crippen LogP contribution in [0.1, 0.15) is 31.1 Å². The second-order valence-corrected chi connectivity index (χ2v) is 4.19. The molecule has 3 nitrogen and oxygen atoms in total. The molecule has 0 aliphatic rings. The van der Waals surface area contributed by atoms with Crippen molar-refractivity contribution < 1.29 is 5.11 Å². The Kier molecular flexibility index (Phi) is 3.69. The second-order valence-electron chi connectivity index (χ2n) is 4.19. The fraction of sp³-hybridized carbons (Fsp3) is 0.727. The maximum atomic E-state index is 8.88. The molecule has 0 fully saturated rings. The zero-order valence-electron chi connectivity index (χ0n) is 9.54. The maximum absolute atomic E-state index is 8.88. The highest BCUT2D eigenvalue weighted by Crippen LogP contribution is 2.13. The van der Waals surface area contributed by atoms with E-state index in [4.69, 9.17) is 5.11 Å². The molecule has 3 heteroatoms. The van der Waals surface area contributed by atoms with Crippen LogP contribution in [0.3, 0.4) is 0 Å². The van der Waals surface area contributed by atoms with Gasteiger partial charge < -0.3 is 9.67 Å². The van der Waals surface area contributed by atoms with Crippen molar-refractivity contribution in [1.29, 1.82) is 0 Å². The molecule has 1 N–H and O–H groups in total. The van der Waals surface area contributed by atoms with Crippen molar-refractivity contribution in [3.05, 3.63) is 17.2 Å². The van der Waals surface area contributed by atoms with Crippen LogP contribution in [0, 0.1) is 12.8 Å². The monoisotopic (exact) mass is 196 g/mol.